The molecule has 0 N–H and O–H groups in total. The quantitative estimate of drug-likeness (QED) is 0.661. The van der Waals surface area contributed by atoms with Gasteiger partial charge in [-0.15, -0.1) is 0 Å². The maximum Gasteiger partial charge on any atom is 0.0850 e. The molecule has 0 aliphatic carbocycles. The fourth-order valence-electron chi connectivity index (χ4n) is 2.77. The van der Waals surface area contributed by atoms with Crippen LogP contribution < -0.4 is 0 Å². The lowest BCUT2D eigenvalue weighted by molar-refractivity contribution is 0.448. The molecule has 0 radical (unpaired) electrons. The van der Waals surface area contributed by atoms with Gasteiger partial charge in [0.05, 0.1) is 16.4 Å². The smallest absolute Gasteiger partial charge is 0.0850 e. The topological polar surface area (TPSA) is 17.8 Å². The van der Waals surface area contributed by atoms with Crippen LogP contribution in [0.4, 0.5) is 0 Å². The Morgan fingerprint density at radius 3 is 2.38 bits per heavy atom. The van der Waals surface area contributed by atoms with Crippen LogP contribution in [0.3, 0.4) is 0 Å². The molecule has 1 unspecified atom stereocenters. The summed E-state index contributed by atoms with van der Waals surface area (Å²) in [5.74, 6) is 0. The number of hydrogen-bond acceptors (Lipinski definition) is 1. The molecule has 2 rings (SSSR count). The van der Waals surface area contributed by atoms with Crippen LogP contribution in [0.5, 0.6) is 0 Å². The summed E-state index contributed by atoms with van der Waals surface area (Å²) in [5, 5.41) is 6.28. The van der Waals surface area contributed by atoms with E-state index in [1.807, 2.05) is 11.7 Å². The van der Waals surface area contributed by atoms with E-state index in [-0.39, 0.29) is 5.41 Å². The second-order valence-corrected chi connectivity index (χ2v) is 6.43. The van der Waals surface area contributed by atoms with E-state index in [2.05, 4.69) is 65.2 Å². The molecular formula is C17H22BrClN2. The summed E-state index contributed by atoms with van der Waals surface area (Å²) >= 11 is 10.3. The Bertz CT molecular complexity index is 588. The van der Waals surface area contributed by atoms with Crippen molar-refractivity contribution in [2.75, 3.05) is 5.33 Å². The Morgan fingerprint density at radius 2 is 1.90 bits per heavy atom. The highest BCUT2D eigenvalue weighted by molar-refractivity contribution is 9.09. The van der Waals surface area contributed by atoms with Gasteiger partial charge in [0.25, 0.3) is 0 Å². The average molecular weight is 370 g/mol. The highest BCUT2D eigenvalue weighted by Crippen LogP contribution is 2.36. The van der Waals surface area contributed by atoms with Crippen molar-refractivity contribution in [2.24, 2.45) is 7.05 Å². The molecule has 1 heterocycles. The summed E-state index contributed by atoms with van der Waals surface area (Å²) in [5.41, 5.74) is 3.50. The first-order valence-corrected chi connectivity index (χ1v) is 8.89. The molecule has 1 aromatic heterocycles. The van der Waals surface area contributed by atoms with E-state index in [0.29, 0.717) is 0 Å². The number of nitrogens with zero attached hydrogens (tertiary/aromatic N) is 2. The van der Waals surface area contributed by atoms with E-state index in [1.165, 1.54) is 5.56 Å². The van der Waals surface area contributed by atoms with Crippen molar-refractivity contribution in [3.05, 3.63) is 52.3 Å². The van der Waals surface area contributed by atoms with Crippen molar-refractivity contribution in [2.45, 2.75) is 38.5 Å². The third-order valence-corrected chi connectivity index (χ3v) is 5.84. The SMILES string of the molecule is CCc1nn(C)c(CC(CC)(CBr)c2ccccc2)c1Cl. The van der Waals surface area contributed by atoms with Crippen LogP contribution in [-0.2, 0) is 25.3 Å². The van der Waals surface area contributed by atoms with Crippen LogP contribution in [-0.4, -0.2) is 15.1 Å². The lowest BCUT2D eigenvalue weighted by Crippen LogP contribution is -2.31. The van der Waals surface area contributed by atoms with Gasteiger partial charge < -0.3 is 0 Å². The van der Waals surface area contributed by atoms with Gasteiger partial charge in [0.2, 0.25) is 0 Å². The van der Waals surface area contributed by atoms with Crippen molar-refractivity contribution in [1.82, 2.24) is 9.78 Å². The number of aryl methyl sites for hydroxylation is 2. The highest BCUT2D eigenvalue weighted by Gasteiger charge is 2.32. The maximum atomic E-state index is 6.54. The van der Waals surface area contributed by atoms with Crippen molar-refractivity contribution in [3.8, 4) is 0 Å². The zero-order valence-corrected chi connectivity index (χ0v) is 15.2. The molecule has 2 nitrogen and oxygen atoms in total. The van der Waals surface area contributed by atoms with Gasteiger partial charge in [-0.3, -0.25) is 4.68 Å². The molecule has 0 spiro atoms. The second-order valence-electron chi connectivity index (χ2n) is 5.49. The zero-order chi connectivity index (χ0) is 15.5. The van der Waals surface area contributed by atoms with E-state index < -0.39 is 0 Å². The van der Waals surface area contributed by atoms with Gasteiger partial charge >= 0.3 is 0 Å². The molecule has 4 heteroatoms. The number of benzene rings is 1. The molecule has 1 aromatic carbocycles. The van der Waals surface area contributed by atoms with E-state index in [4.69, 9.17) is 11.6 Å². The third-order valence-electron chi connectivity index (χ3n) is 4.33. The molecule has 0 saturated heterocycles. The van der Waals surface area contributed by atoms with Crippen LogP contribution in [0.25, 0.3) is 0 Å². The predicted molar refractivity (Wildman–Crippen MR) is 93.5 cm³/mol. The Labute approximate surface area is 140 Å². The molecule has 2 aromatic rings. The first-order chi connectivity index (χ1) is 10.1. The first kappa shape index (κ1) is 16.6. The fourth-order valence-corrected chi connectivity index (χ4v) is 4.05. The Kier molecular flexibility index (Phi) is 5.50. The normalized spacial score (nSPS) is 14.1. The number of halogens is 2. The van der Waals surface area contributed by atoms with Gasteiger partial charge in [-0.05, 0) is 18.4 Å². The van der Waals surface area contributed by atoms with Crippen molar-refractivity contribution in [1.29, 1.82) is 0 Å². The molecule has 0 fully saturated rings. The standard InChI is InChI=1S/C17H22BrClN2/c1-4-14-16(19)15(21(3)20-14)11-17(5-2,12-18)13-9-7-6-8-10-13/h6-10H,4-5,11-12H2,1-3H3. The third kappa shape index (κ3) is 3.19. The van der Waals surface area contributed by atoms with E-state index in [9.17, 15) is 0 Å². The Balaban J connectivity index is 2.44. The van der Waals surface area contributed by atoms with Gasteiger partial charge in [-0.1, -0.05) is 71.7 Å². The molecule has 0 saturated carbocycles. The molecule has 0 bridgehead atoms. The maximum absolute atomic E-state index is 6.54. The molecule has 1 atom stereocenters. The predicted octanol–water partition coefficient (Wildman–Crippen LogP) is 4.92. The van der Waals surface area contributed by atoms with Gasteiger partial charge in [0, 0.05) is 24.2 Å². The van der Waals surface area contributed by atoms with Crippen molar-refractivity contribution >= 4 is 27.5 Å². The minimum absolute atomic E-state index is 0.0453. The minimum atomic E-state index is 0.0453. The summed E-state index contributed by atoms with van der Waals surface area (Å²) in [6.45, 7) is 4.33. The van der Waals surface area contributed by atoms with Gasteiger partial charge in [-0.2, -0.15) is 5.10 Å². The lowest BCUT2D eigenvalue weighted by Gasteiger charge is -2.31. The van der Waals surface area contributed by atoms with E-state index in [1.54, 1.807) is 0 Å². The van der Waals surface area contributed by atoms with Gasteiger partial charge in [-0.25, -0.2) is 0 Å². The Morgan fingerprint density at radius 1 is 1.24 bits per heavy atom. The average Bonchev–Trinajstić information content (AvgIpc) is 2.80. The molecule has 0 aliphatic heterocycles. The van der Waals surface area contributed by atoms with Gasteiger partial charge in [0.1, 0.15) is 0 Å². The molecule has 21 heavy (non-hydrogen) atoms. The van der Waals surface area contributed by atoms with E-state index >= 15 is 0 Å². The second kappa shape index (κ2) is 6.97. The van der Waals surface area contributed by atoms with Gasteiger partial charge in [0.15, 0.2) is 0 Å². The molecule has 0 amide bonds. The number of aromatic nitrogens is 2. The van der Waals surface area contributed by atoms with Crippen LogP contribution >= 0.6 is 27.5 Å². The monoisotopic (exact) mass is 368 g/mol. The van der Waals surface area contributed by atoms with Crippen LogP contribution in [0.2, 0.25) is 5.02 Å². The summed E-state index contributed by atoms with van der Waals surface area (Å²) < 4.78 is 1.94. The zero-order valence-electron chi connectivity index (χ0n) is 12.9. The van der Waals surface area contributed by atoms with Crippen LogP contribution in [0.1, 0.15) is 37.2 Å². The number of rotatable bonds is 6. The summed E-state index contributed by atoms with van der Waals surface area (Å²) in [6.07, 6.45) is 2.80. The Hall–Kier alpha value is -0.800. The van der Waals surface area contributed by atoms with Crippen molar-refractivity contribution < 1.29 is 0 Å². The fraction of sp³-hybridized carbons (Fsp3) is 0.471. The molecular weight excluding hydrogens is 348 g/mol. The number of alkyl halides is 1. The molecule has 0 aliphatic rings. The molecule has 114 valence electrons. The van der Waals surface area contributed by atoms with Crippen molar-refractivity contribution in [3.63, 3.8) is 0 Å². The van der Waals surface area contributed by atoms with Crippen LogP contribution in [0.15, 0.2) is 30.3 Å². The van der Waals surface area contributed by atoms with E-state index in [0.717, 1.165) is 41.0 Å². The largest absolute Gasteiger partial charge is 0.271 e. The summed E-state index contributed by atoms with van der Waals surface area (Å²) in [4.78, 5) is 0. The summed E-state index contributed by atoms with van der Waals surface area (Å²) in [7, 11) is 1.99. The number of hydrogen-bond donors (Lipinski definition) is 0. The minimum Gasteiger partial charge on any atom is -0.271 e. The summed E-state index contributed by atoms with van der Waals surface area (Å²) in [6, 6.07) is 10.7. The highest BCUT2D eigenvalue weighted by atomic mass is 79.9. The van der Waals surface area contributed by atoms with Crippen LogP contribution in [0, 0.1) is 0 Å². The first-order valence-electron chi connectivity index (χ1n) is 7.39. The lowest BCUT2D eigenvalue weighted by atomic mass is 9.76.